The molecule has 0 aliphatic carbocycles. The molecule has 3 rings (SSSR count). The van der Waals surface area contributed by atoms with Crippen LogP contribution in [0.3, 0.4) is 0 Å². The predicted molar refractivity (Wildman–Crippen MR) is 113 cm³/mol. The molecule has 2 N–H and O–H groups in total. The first kappa shape index (κ1) is 20.5. The molecule has 0 bridgehead atoms. The molecule has 0 spiro atoms. The highest BCUT2D eigenvalue weighted by Crippen LogP contribution is 2.28. The molecule has 0 fully saturated rings. The number of amides is 1. The van der Waals surface area contributed by atoms with Gasteiger partial charge in [-0.3, -0.25) is 5.10 Å². The summed E-state index contributed by atoms with van der Waals surface area (Å²) in [6.07, 6.45) is -0.451. The van der Waals surface area contributed by atoms with Gasteiger partial charge in [0, 0.05) is 5.39 Å². The summed E-state index contributed by atoms with van der Waals surface area (Å²) in [5.41, 5.74) is 3.36. The summed E-state index contributed by atoms with van der Waals surface area (Å²) >= 11 is 0. The highest BCUT2D eigenvalue weighted by Gasteiger charge is 2.26. The Kier molecular flexibility index (Phi) is 5.42. The molecule has 7 heteroatoms. The lowest BCUT2D eigenvalue weighted by Crippen LogP contribution is -2.43. The number of carbonyl (C=O) groups excluding carboxylic acids is 1. The standard InChI is InChI=1S/C22H26N4O3/c1-21(2,3)29-20(27)24-22(4,5)16-9-6-14(7-10-16)15-8-11-18-17(12-15)19(13-23-28)26-25-18/h6-12H,13H2,1-5H3,(H,24,27)(H,25,26). The van der Waals surface area contributed by atoms with Crippen LogP contribution >= 0.6 is 0 Å². The molecule has 0 atom stereocenters. The average Bonchev–Trinajstić information content (AvgIpc) is 3.02. The molecule has 152 valence electrons. The SMILES string of the molecule is CC(C)(C)OC(=O)NC(C)(C)c1ccc(-c2ccc3n[nH]c(CN=O)c3c2)cc1. The van der Waals surface area contributed by atoms with Crippen LogP contribution < -0.4 is 5.32 Å². The highest BCUT2D eigenvalue weighted by atomic mass is 16.6. The summed E-state index contributed by atoms with van der Waals surface area (Å²) in [4.78, 5) is 22.8. The number of aromatic amines is 1. The van der Waals surface area contributed by atoms with Crippen LogP contribution in [-0.2, 0) is 16.8 Å². The second-order valence-electron chi connectivity index (χ2n) is 8.55. The number of H-pyrrole nitrogens is 1. The Hall–Kier alpha value is -3.22. The van der Waals surface area contributed by atoms with E-state index in [0.29, 0.717) is 5.69 Å². The van der Waals surface area contributed by atoms with E-state index in [4.69, 9.17) is 4.74 Å². The average molecular weight is 394 g/mol. The first-order valence-electron chi connectivity index (χ1n) is 9.47. The molecule has 2 aromatic carbocycles. The molecule has 0 radical (unpaired) electrons. The lowest BCUT2D eigenvalue weighted by atomic mass is 9.92. The fourth-order valence-electron chi connectivity index (χ4n) is 3.14. The Labute approximate surface area is 169 Å². The Morgan fingerprint density at radius 1 is 1.07 bits per heavy atom. The molecule has 0 aliphatic heterocycles. The van der Waals surface area contributed by atoms with Gasteiger partial charge in [0.2, 0.25) is 0 Å². The molecule has 0 unspecified atom stereocenters. The van der Waals surface area contributed by atoms with Crippen molar-refractivity contribution in [1.29, 1.82) is 0 Å². The van der Waals surface area contributed by atoms with Crippen molar-refractivity contribution in [1.82, 2.24) is 15.5 Å². The summed E-state index contributed by atoms with van der Waals surface area (Å²) in [6.45, 7) is 9.43. The second-order valence-corrected chi connectivity index (χ2v) is 8.55. The van der Waals surface area contributed by atoms with Gasteiger partial charge >= 0.3 is 6.09 Å². The van der Waals surface area contributed by atoms with Gasteiger partial charge in [-0.15, -0.1) is 0 Å². The van der Waals surface area contributed by atoms with Crippen LogP contribution in [0.4, 0.5) is 4.79 Å². The zero-order valence-corrected chi connectivity index (χ0v) is 17.4. The third kappa shape index (κ3) is 4.80. The molecular weight excluding hydrogens is 368 g/mol. The quantitative estimate of drug-likeness (QED) is 0.577. The van der Waals surface area contributed by atoms with Gasteiger partial charge < -0.3 is 10.1 Å². The monoisotopic (exact) mass is 394 g/mol. The number of alkyl carbamates (subject to hydrolysis) is 1. The summed E-state index contributed by atoms with van der Waals surface area (Å²) in [7, 11) is 0. The number of nitrogens with zero attached hydrogens (tertiary/aromatic N) is 2. The van der Waals surface area contributed by atoms with E-state index in [1.807, 2.05) is 77.1 Å². The number of ether oxygens (including phenoxy) is 1. The minimum absolute atomic E-state index is 0.0589. The van der Waals surface area contributed by atoms with E-state index in [0.717, 1.165) is 27.6 Å². The van der Waals surface area contributed by atoms with Gasteiger partial charge in [-0.1, -0.05) is 35.5 Å². The lowest BCUT2D eigenvalue weighted by Gasteiger charge is -2.29. The van der Waals surface area contributed by atoms with Gasteiger partial charge in [0.15, 0.2) is 0 Å². The second kappa shape index (κ2) is 7.66. The van der Waals surface area contributed by atoms with Crippen molar-refractivity contribution in [3.05, 3.63) is 58.6 Å². The van der Waals surface area contributed by atoms with Crippen LogP contribution in [0.1, 0.15) is 45.9 Å². The van der Waals surface area contributed by atoms with Crippen molar-refractivity contribution >= 4 is 17.0 Å². The number of fused-ring (bicyclic) bond motifs is 1. The Bertz CT molecular complexity index is 1030. The van der Waals surface area contributed by atoms with E-state index in [-0.39, 0.29) is 6.54 Å². The van der Waals surface area contributed by atoms with Crippen molar-refractivity contribution in [2.75, 3.05) is 0 Å². The third-order valence-corrected chi connectivity index (χ3v) is 4.61. The Morgan fingerprint density at radius 3 is 2.34 bits per heavy atom. The van der Waals surface area contributed by atoms with E-state index in [1.165, 1.54) is 0 Å². The largest absolute Gasteiger partial charge is 0.444 e. The van der Waals surface area contributed by atoms with Gasteiger partial charge in [-0.05, 0) is 63.4 Å². The van der Waals surface area contributed by atoms with Crippen LogP contribution in [0.15, 0.2) is 47.6 Å². The summed E-state index contributed by atoms with van der Waals surface area (Å²) in [5, 5.41) is 13.8. The summed E-state index contributed by atoms with van der Waals surface area (Å²) in [6, 6.07) is 13.9. The number of carbonyl (C=O) groups is 1. The van der Waals surface area contributed by atoms with E-state index in [9.17, 15) is 9.70 Å². The molecular formula is C22H26N4O3. The van der Waals surface area contributed by atoms with Gasteiger partial charge in [-0.25, -0.2) is 4.79 Å². The molecule has 0 saturated carbocycles. The molecule has 1 aromatic heterocycles. The Balaban J connectivity index is 1.82. The third-order valence-electron chi connectivity index (χ3n) is 4.61. The maximum Gasteiger partial charge on any atom is 0.408 e. The van der Waals surface area contributed by atoms with E-state index in [2.05, 4.69) is 20.7 Å². The van der Waals surface area contributed by atoms with Gasteiger partial charge in [0.25, 0.3) is 0 Å². The zero-order chi connectivity index (χ0) is 21.2. The van der Waals surface area contributed by atoms with Gasteiger partial charge in [-0.2, -0.15) is 10.0 Å². The van der Waals surface area contributed by atoms with E-state index >= 15 is 0 Å². The lowest BCUT2D eigenvalue weighted by molar-refractivity contribution is 0.0470. The number of hydrogen-bond acceptors (Lipinski definition) is 5. The molecule has 29 heavy (non-hydrogen) atoms. The van der Waals surface area contributed by atoms with E-state index < -0.39 is 17.2 Å². The normalized spacial score (nSPS) is 12.0. The van der Waals surface area contributed by atoms with Crippen molar-refractivity contribution < 1.29 is 9.53 Å². The van der Waals surface area contributed by atoms with Crippen LogP contribution in [-0.4, -0.2) is 21.9 Å². The van der Waals surface area contributed by atoms with Crippen LogP contribution in [0.2, 0.25) is 0 Å². The van der Waals surface area contributed by atoms with Crippen LogP contribution in [0.25, 0.3) is 22.0 Å². The first-order valence-corrected chi connectivity index (χ1v) is 9.47. The first-order chi connectivity index (χ1) is 13.6. The summed E-state index contributed by atoms with van der Waals surface area (Å²) < 4.78 is 5.36. The Morgan fingerprint density at radius 2 is 1.72 bits per heavy atom. The fraction of sp³-hybridized carbons (Fsp3) is 0.364. The predicted octanol–water partition coefficient (Wildman–Crippen LogP) is 5.26. The van der Waals surface area contributed by atoms with Crippen molar-refractivity contribution in [3.8, 4) is 11.1 Å². The number of nitrogens with one attached hydrogen (secondary N) is 2. The maximum absolute atomic E-state index is 12.1. The highest BCUT2D eigenvalue weighted by molar-refractivity contribution is 5.86. The number of nitroso groups, excluding NO2 is 1. The van der Waals surface area contributed by atoms with Crippen molar-refractivity contribution in [3.63, 3.8) is 0 Å². The van der Waals surface area contributed by atoms with Crippen LogP contribution in [0, 0.1) is 4.91 Å². The molecule has 1 heterocycles. The fourth-order valence-corrected chi connectivity index (χ4v) is 3.14. The number of rotatable bonds is 5. The van der Waals surface area contributed by atoms with Crippen LogP contribution in [0.5, 0.6) is 0 Å². The minimum Gasteiger partial charge on any atom is -0.444 e. The number of hydrogen-bond donors (Lipinski definition) is 2. The molecule has 1 amide bonds. The maximum atomic E-state index is 12.1. The molecule has 0 saturated heterocycles. The summed E-state index contributed by atoms with van der Waals surface area (Å²) in [5.74, 6) is 0. The van der Waals surface area contributed by atoms with E-state index in [1.54, 1.807) is 0 Å². The topological polar surface area (TPSA) is 96.4 Å². The molecule has 3 aromatic rings. The molecule has 0 aliphatic rings. The minimum atomic E-state index is -0.585. The smallest absolute Gasteiger partial charge is 0.408 e. The van der Waals surface area contributed by atoms with Gasteiger partial charge in [0.05, 0.1) is 16.7 Å². The van der Waals surface area contributed by atoms with Gasteiger partial charge in [0.1, 0.15) is 12.1 Å². The number of benzene rings is 2. The number of aromatic nitrogens is 2. The van der Waals surface area contributed by atoms with Crippen molar-refractivity contribution in [2.45, 2.75) is 52.3 Å². The zero-order valence-electron chi connectivity index (χ0n) is 17.4. The molecule has 7 nitrogen and oxygen atoms in total. The van der Waals surface area contributed by atoms with Crippen molar-refractivity contribution in [2.24, 2.45) is 5.18 Å².